The number of pyridine rings is 1. The van der Waals surface area contributed by atoms with E-state index in [1.165, 1.54) is 0 Å². The molecule has 16 heavy (non-hydrogen) atoms. The molecule has 0 aliphatic carbocycles. The molecule has 1 unspecified atom stereocenters. The summed E-state index contributed by atoms with van der Waals surface area (Å²) < 4.78 is 2.18. The quantitative estimate of drug-likeness (QED) is 0.856. The fraction of sp³-hybridized carbons (Fsp3) is 0.500. The summed E-state index contributed by atoms with van der Waals surface area (Å²) in [7, 11) is 0. The first-order valence-electron chi connectivity index (χ1n) is 5.83. The van der Waals surface area contributed by atoms with E-state index in [1.54, 1.807) is 12.4 Å². The standard InChI is InChI=1S/C12H18N4/c1-3-5-9(13)12-15-10-8-14-7-6-11(10)16(12)4-2/h6-9H,3-5,13H2,1-2H3. The van der Waals surface area contributed by atoms with Crippen LogP contribution in [-0.2, 0) is 6.54 Å². The zero-order valence-electron chi connectivity index (χ0n) is 9.85. The van der Waals surface area contributed by atoms with Gasteiger partial charge in [0.2, 0.25) is 0 Å². The average molecular weight is 218 g/mol. The Balaban J connectivity index is 2.51. The van der Waals surface area contributed by atoms with E-state index in [9.17, 15) is 0 Å². The van der Waals surface area contributed by atoms with E-state index in [0.717, 1.165) is 36.2 Å². The molecule has 2 aromatic heterocycles. The number of aromatic nitrogens is 3. The molecule has 4 heteroatoms. The van der Waals surface area contributed by atoms with Crippen molar-refractivity contribution in [3.05, 3.63) is 24.3 Å². The number of nitrogens with zero attached hydrogens (tertiary/aromatic N) is 3. The zero-order valence-corrected chi connectivity index (χ0v) is 9.85. The molecule has 0 fully saturated rings. The Morgan fingerprint density at radius 2 is 2.25 bits per heavy atom. The van der Waals surface area contributed by atoms with E-state index >= 15 is 0 Å². The van der Waals surface area contributed by atoms with Gasteiger partial charge in [-0.2, -0.15) is 0 Å². The fourth-order valence-electron chi connectivity index (χ4n) is 2.06. The Labute approximate surface area is 95.5 Å². The summed E-state index contributed by atoms with van der Waals surface area (Å²) in [5.41, 5.74) is 8.20. The summed E-state index contributed by atoms with van der Waals surface area (Å²) in [5.74, 6) is 0.979. The van der Waals surface area contributed by atoms with Gasteiger partial charge in [-0.3, -0.25) is 4.98 Å². The van der Waals surface area contributed by atoms with Gasteiger partial charge in [-0.1, -0.05) is 13.3 Å². The van der Waals surface area contributed by atoms with Gasteiger partial charge in [0, 0.05) is 12.7 Å². The smallest absolute Gasteiger partial charge is 0.126 e. The number of hydrogen-bond acceptors (Lipinski definition) is 3. The van der Waals surface area contributed by atoms with Gasteiger partial charge in [0.1, 0.15) is 11.3 Å². The van der Waals surface area contributed by atoms with Gasteiger partial charge >= 0.3 is 0 Å². The third-order valence-electron chi connectivity index (χ3n) is 2.83. The van der Waals surface area contributed by atoms with Crippen molar-refractivity contribution >= 4 is 11.0 Å². The Morgan fingerprint density at radius 3 is 2.94 bits per heavy atom. The molecule has 0 amide bonds. The highest BCUT2D eigenvalue weighted by Crippen LogP contribution is 2.21. The summed E-state index contributed by atoms with van der Waals surface area (Å²) in [4.78, 5) is 8.67. The lowest BCUT2D eigenvalue weighted by Gasteiger charge is -2.12. The molecular formula is C12H18N4. The van der Waals surface area contributed by atoms with Gasteiger partial charge in [0.05, 0.1) is 17.8 Å². The SMILES string of the molecule is CCCC(N)c1nc2cnccc2n1CC. The topological polar surface area (TPSA) is 56.7 Å². The van der Waals surface area contributed by atoms with Crippen LogP contribution in [0.5, 0.6) is 0 Å². The van der Waals surface area contributed by atoms with E-state index in [1.807, 2.05) is 6.07 Å². The Bertz CT molecular complexity index is 475. The van der Waals surface area contributed by atoms with Crippen molar-refractivity contribution in [2.24, 2.45) is 5.73 Å². The second-order valence-corrected chi connectivity index (χ2v) is 3.97. The van der Waals surface area contributed by atoms with E-state index < -0.39 is 0 Å². The molecule has 2 aromatic rings. The third kappa shape index (κ3) is 1.80. The molecule has 4 nitrogen and oxygen atoms in total. The molecule has 1 atom stereocenters. The molecular weight excluding hydrogens is 200 g/mol. The van der Waals surface area contributed by atoms with Crippen molar-refractivity contribution in [2.45, 2.75) is 39.3 Å². The molecule has 0 aromatic carbocycles. The highest BCUT2D eigenvalue weighted by molar-refractivity contribution is 5.74. The maximum absolute atomic E-state index is 6.14. The van der Waals surface area contributed by atoms with Gasteiger partial charge < -0.3 is 10.3 Å². The summed E-state index contributed by atoms with van der Waals surface area (Å²) in [5, 5.41) is 0. The van der Waals surface area contributed by atoms with Gasteiger partial charge in [0.15, 0.2) is 0 Å². The summed E-state index contributed by atoms with van der Waals surface area (Å²) in [6, 6.07) is 2.02. The van der Waals surface area contributed by atoms with Crippen LogP contribution in [0.3, 0.4) is 0 Å². The van der Waals surface area contributed by atoms with Gasteiger partial charge in [-0.15, -0.1) is 0 Å². The molecule has 86 valence electrons. The number of aryl methyl sites for hydroxylation is 1. The first-order valence-corrected chi connectivity index (χ1v) is 5.83. The van der Waals surface area contributed by atoms with Crippen LogP contribution in [-0.4, -0.2) is 14.5 Å². The van der Waals surface area contributed by atoms with Crippen molar-refractivity contribution in [3.63, 3.8) is 0 Å². The Kier molecular flexibility index (Phi) is 3.19. The third-order valence-corrected chi connectivity index (χ3v) is 2.83. The molecule has 0 saturated heterocycles. The lowest BCUT2D eigenvalue weighted by molar-refractivity contribution is 0.566. The minimum atomic E-state index is 0.0253. The fourth-order valence-corrected chi connectivity index (χ4v) is 2.06. The van der Waals surface area contributed by atoms with Crippen molar-refractivity contribution in [1.29, 1.82) is 0 Å². The number of nitrogens with two attached hydrogens (primary N) is 1. The average Bonchev–Trinajstić information content (AvgIpc) is 2.67. The largest absolute Gasteiger partial charge is 0.327 e. The highest BCUT2D eigenvalue weighted by Gasteiger charge is 2.15. The molecule has 0 aliphatic rings. The van der Waals surface area contributed by atoms with Gasteiger partial charge in [0.25, 0.3) is 0 Å². The molecule has 0 saturated carbocycles. The van der Waals surface area contributed by atoms with Crippen LogP contribution in [0.4, 0.5) is 0 Å². The van der Waals surface area contributed by atoms with Crippen molar-refractivity contribution < 1.29 is 0 Å². The van der Waals surface area contributed by atoms with Gasteiger partial charge in [-0.25, -0.2) is 4.98 Å². The van der Waals surface area contributed by atoms with Crippen LogP contribution in [0.2, 0.25) is 0 Å². The van der Waals surface area contributed by atoms with Crippen molar-refractivity contribution in [3.8, 4) is 0 Å². The normalized spacial score (nSPS) is 13.2. The molecule has 0 bridgehead atoms. The molecule has 0 aliphatic heterocycles. The van der Waals surface area contributed by atoms with Crippen molar-refractivity contribution in [1.82, 2.24) is 14.5 Å². The molecule has 2 rings (SSSR count). The maximum atomic E-state index is 6.14. The second-order valence-electron chi connectivity index (χ2n) is 3.97. The van der Waals surface area contributed by atoms with Crippen LogP contribution in [0.1, 0.15) is 38.6 Å². The van der Waals surface area contributed by atoms with Crippen LogP contribution in [0.25, 0.3) is 11.0 Å². The minimum Gasteiger partial charge on any atom is -0.327 e. The number of fused-ring (bicyclic) bond motifs is 1. The molecule has 2 heterocycles. The zero-order chi connectivity index (χ0) is 11.5. The summed E-state index contributed by atoms with van der Waals surface area (Å²) in [6.07, 6.45) is 5.64. The number of rotatable bonds is 4. The predicted molar refractivity (Wildman–Crippen MR) is 65.0 cm³/mol. The van der Waals surface area contributed by atoms with Crippen LogP contribution >= 0.6 is 0 Å². The Hall–Kier alpha value is -1.42. The lowest BCUT2D eigenvalue weighted by atomic mass is 10.2. The molecule has 0 radical (unpaired) electrons. The highest BCUT2D eigenvalue weighted by atomic mass is 15.1. The van der Waals surface area contributed by atoms with Crippen molar-refractivity contribution in [2.75, 3.05) is 0 Å². The first kappa shape index (κ1) is 11.1. The monoisotopic (exact) mass is 218 g/mol. The second kappa shape index (κ2) is 4.61. The van der Waals surface area contributed by atoms with Gasteiger partial charge in [-0.05, 0) is 19.4 Å². The van der Waals surface area contributed by atoms with E-state index in [4.69, 9.17) is 5.73 Å². The van der Waals surface area contributed by atoms with E-state index in [2.05, 4.69) is 28.4 Å². The number of imidazole rings is 1. The lowest BCUT2D eigenvalue weighted by Crippen LogP contribution is -2.16. The summed E-state index contributed by atoms with van der Waals surface area (Å²) >= 11 is 0. The van der Waals surface area contributed by atoms with Crippen LogP contribution in [0.15, 0.2) is 18.5 Å². The van der Waals surface area contributed by atoms with E-state index in [0.29, 0.717) is 0 Å². The van der Waals surface area contributed by atoms with Crippen LogP contribution in [0, 0.1) is 0 Å². The Morgan fingerprint density at radius 1 is 1.44 bits per heavy atom. The summed E-state index contributed by atoms with van der Waals surface area (Å²) in [6.45, 7) is 5.15. The van der Waals surface area contributed by atoms with Crippen LogP contribution < -0.4 is 5.73 Å². The van der Waals surface area contributed by atoms with E-state index in [-0.39, 0.29) is 6.04 Å². The maximum Gasteiger partial charge on any atom is 0.126 e. The molecule has 0 spiro atoms. The minimum absolute atomic E-state index is 0.0253. The molecule has 2 N–H and O–H groups in total. The number of hydrogen-bond donors (Lipinski definition) is 1. The first-order chi connectivity index (χ1) is 7.77. The predicted octanol–water partition coefficient (Wildman–Crippen LogP) is 2.25.